The smallest absolute Gasteiger partial charge is 0.316 e. The molecular weight excluding hydrogens is 495 g/mol. The van der Waals surface area contributed by atoms with E-state index in [-0.39, 0.29) is 28.6 Å². The van der Waals surface area contributed by atoms with Gasteiger partial charge in [0.1, 0.15) is 29.7 Å². The number of urea groups is 1. The molecule has 2 aromatic carbocycles. The molecular formula is C24H26Cl2N4O5. The number of ether oxygens (including phenoxy) is 1. The van der Waals surface area contributed by atoms with Crippen molar-refractivity contribution in [1.82, 2.24) is 9.80 Å². The van der Waals surface area contributed by atoms with Gasteiger partial charge in [-0.25, -0.2) is 4.79 Å². The third-order valence-electron chi connectivity index (χ3n) is 5.80. The monoisotopic (exact) mass is 520 g/mol. The predicted octanol–water partition coefficient (Wildman–Crippen LogP) is 3.45. The summed E-state index contributed by atoms with van der Waals surface area (Å²) in [5.41, 5.74) is 5.86. The van der Waals surface area contributed by atoms with E-state index in [0.29, 0.717) is 28.3 Å². The van der Waals surface area contributed by atoms with Crippen molar-refractivity contribution in [3.8, 4) is 5.75 Å². The lowest BCUT2D eigenvalue weighted by Gasteiger charge is -2.33. The van der Waals surface area contributed by atoms with Gasteiger partial charge in [-0.2, -0.15) is 0 Å². The van der Waals surface area contributed by atoms with Crippen molar-refractivity contribution in [2.75, 3.05) is 51.7 Å². The fourth-order valence-electron chi connectivity index (χ4n) is 3.94. The molecule has 1 saturated heterocycles. The zero-order chi connectivity index (χ0) is 25.1. The summed E-state index contributed by atoms with van der Waals surface area (Å²) in [6.07, 6.45) is -0.667. The average molecular weight is 521 g/mol. The molecule has 3 aromatic rings. The fourth-order valence-corrected chi connectivity index (χ4v) is 4.32. The summed E-state index contributed by atoms with van der Waals surface area (Å²) in [4.78, 5) is 29.3. The topological polar surface area (TPSA) is 121 Å². The first-order valence-electron chi connectivity index (χ1n) is 11.1. The molecule has 1 fully saturated rings. The molecule has 1 aromatic heterocycles. The Morgan fingerprint density at radius 1 is 1.17 bits per heavy atom. The zero-order valence-electron chi connectivity index (χ0n) is 19.1. The summed E-state index contributed by atoms with van der Waals surface area (Å²) in [7, 11) is 2.08. The highest BCUT2D eigenvalue weighted by Gasteiger charge is 2.25. The molecule has 0 bridgehead atoms. The number of carbonyl (C=O) groups is 2. The molecule has 0 saturated carbocycles. The van der Waals surface area contributed by atoms with Crippen LogP contribution in [0.4, 0.5) is 10.5 Å². The van der Waals surface area contributed by atoms with Gasteiger partial charge < -0.3 is 30.2 Å². The van der Waals surface area contributed by atoms with Gasteiger partial charge in [-0.1, -0.05) is 23.2 Å². The van der Waals surface area contributed by atoms with Crippen LogP contribution in [0.5, 0.6) is 5.75 Å². The molecule has 1 aliphatic rings. The first kappa shape index (κ1) is 25.3. The summed E-state index contributed by atoms with van der Waals surface area (Å²) in [5, 5.41) is 13.8. The molecule has 2 amide bonds. The molecule has 9 nitrogen and oxygen atoms in total. The molecule has 2 heterocycles. The second-order valence-electron chi connectivity index (χ2n) is 8.48. The number of piperazine rings is 1. The summed E-state index contributed by atoms with van der Waals surface area (Å²) >= 11 is 12.2. The van der Waals surface area contributed by atoms with Gasteiger partial charge in [-0.15, -0.1) is 0 Å². The Bertz CT molecular complexity index is 1240. The van der Waals surface area contributed by atoms with Gasteiger partial charge in [-0.05, 0) is 37.4 Å². The average Bonchev–Trinajstić information content (AvgIpc) is 3.17. The lowest BCUT2D eigenvalue weighted by molar-refractivity contribution is 0.0505. The third-order valence-corrected chi connectivity index (χ3v) is 6.36. The second kappa shape index (κ2) is 10.8. The van der Waals surface area contributed by atoms with E-state index in [1.165, 1.54) is 12.1 Å². The molecule has 0 radical (unpaired) electrons. The number of hydrogen-bond donors (Lipinski definition) is 3. The Morgan fingerprint density at radius 3 is 2.63 bits per heavy atom. The van der Waals surface area contributed by atoms with Crippen LogP contribution in [0.1, 0.15) is 16.1 Å². The van der Waals surface area contributed by atoms with Crippen molar-refractivity contribution in [1.29, 1.82) is 0 Å². The lowest BCUT2D eigenvalue weighted by atomic mass is 10.1. The number of ketones is 1. The van der Waals surface area contributed by atoms with Crippen LogP contribution in [0.3, 0.4) is 0 Å². The van der Waals surface area contributed by atoms with E-state index in [0.717, 1.165) is 26.2 Å². The van der Waals surface area contributed by atoms with E-state index in [2.05, 4.69) is 22.2 Å². The Hall–Kier alpha value is -2.82. The van der Waals surface area contributed by atoms with Gasteiger partial charge in [-0.3, -0.25) is 9.69 Å². The van der Waals surface area contributed by atoms with Crippen LogP contribution in [-0.2, 0) is 0 Å². The quantitative estimate of drug-likeness (QED) is 0.389. The largest absolute Gasteiger partial charge is 0.491 e. The Balaban J connectivity index is 1.54. The van der Waals surface area contributed by atoms with Crippen molar-refractivity contribution in [2.24, 2.45) is 5.73 Å². The summed E-state index contributed by atoms with van der Waals surface area (Å²) < 4.78 is 11.6. The highest BCUT2D eigenvalue weighted by Crippen LogP contribution is 2.36. The van der Waals surface area contributed by atoms with Crippen LogP contribution in [0.15, 0.2) is 40.8 Å². The number of furan rings is 1. The molecule has 35 heavy (non-hydrogen) atoms. The molecule has 0 unspecified atom stereocenters. The summed E-state index contributed by atoms with van der Waals surface area (Å²) in [6.45, 7) is 4.33. The van der Waals surface area contributed by atoms with Gasteiger partial charge in [0.25, 0.3) is 0 Å². The van der Waals surface area contributed by atoms with Gasteiger partial charge in [0.15, 0.2) is 5.76 Å². The first-order chi connectivity index (χ1) is 16.7. The number of benzene rings is 2. The minimum atomic E-state index is -0.855. The van der Waals surface area contributed by atoms with Gasteiger partial charge in [0.2, 0.25) is 5.78 Å². The number of primary amides is 1. The number of halogens is 2. The van der Waals surface area contributed by atoms with Crippen molar-refractivity contribution < 1.29 is 23.8 Å². The maximum absolute atomic E-state index is 13.2. The Labute approximate surface area is 212 Å². The molecule has 4 rings (SSSR count). The number of aliphatic hydroxyl groups is 1. The molecule has 0 aliphatic carbocycles. The molecule has 11 heteroatoms. The predicted molar refractivity (Wildman–Crippen MR) is 135 cm³/mol. The van der Waals surface area contributed by atoms with E-state index in [1.54, 1.807) is 24.3 Å². The minimum absolute atomic E-state index is 0.0921. The van der Waals surface area contributed by atoms with Crippen molar-refractivity contribution in [2.45, 2.75) is 6.10 Å². The van der Waals surface area contributed by atoms with Gasteiger partial charge in [0.05, 0.1) is 5.02 Å². The van der Waals surface area contributed by atoms with E-state index < -0.39 is 17.9 Å². The molecule has 1 aliphatic heterocycles. The van der Waals surface area contributed by atoms with E-state index in [1.807, 2.05) is 0 Å². The van der Waals surface area contributed by atoms with Crippen LogP contribution in [0.25, 0.3) is 11.0 Å². The number of nitrogens with one attached hydrogen (secondary N) is 1. The maximum atomic E-state index is 13.2. The number of amides is 2. The van der Waals surface area contributed by atoms with E-state index in [4.69, 9.17) is 38.1 Å². The number of nitrogens with zero attached hydrogens (tertiary/aromatic N) is 2. The standard InChI is InChI=1S/C24H26Cl2N4O5/c1-29-6-8-30(9-7-29)12-15(31)13-34-16-3-4-17-20(11-16)35-23(21(17)28-24(27)33)22(32)18-10-14(25)2-5-19(18)26/h2-5,10-11,15,31H,6-9,12-13H2,1H3,(H3,27,28,33)/t15-/m0/s1. The van der Waals surface area contributed by atoms with Crippen LogP contribution in [-0.4, -0.2) is 79.2 Å². The number of likely N-dealkylation sites (N-methyl/N-ethyl adjacent to an activating group) is 1. The lowest BCUT2D eigenvalue weighted by Crippen LogP contribution is -2.47. The number of carbonyl (C=O) groups excluding carboxylic acids is 2. The van der Waals surface area contributed by atoms with Crippen LogP contribution in [0.2, 0.25) is 10.0 Å². The number of β-amino-alcohol motifs (C(OH)–C–C–N with tert-alkyl or cyclic N) is 1. The van der Waals surface area contributed by atoms with Crippen LogP contribution >= 0.6 is 23.2 Å². The Kier molecular flexibility index (Phi) is 7.83. The first-order valence-corrected chi connectivity index (χ1v) is 11.8. The highest BCUT2D eigenvalue weighted by molar-refractivity contribution is 6.37. The summed E-state index contributed by atoms with van der Waals surface area (Å²) in [6, 6.07) is 8.51. The SMILES string of the molecule is CN1CCN(C[C@H](O)COc2ccc3c(NC(N)=O)c(C(=O)c4cc(Cl)ccc4Cl)oc3c2)CC1. The number of aliphatic hydroxyl groups excluding tert-OH is 1. The van der Waals surface area contributed by atoms with Gasteiger partial charge >= 0.3 is 6.03 Å². The molecule has 186 valence electrons. The minimum Gasteiger partial charge on any atom is -0.491 e. The van der Waals surface area contributed by atoms with E-state index >= 15 is 0 Å². The maximum Gasteiger partial charge on any atom is 0.316 e. The third kappa shape index (κ3) is 6.06. The van der Waals surface area contributed by atoms with Crippen molar-refractivity contribution in [3.05, 3.63) is 57.8 Å². The van der Waals surface area contributed by atoms with E-state index in [9.17, 15) is 14.7 Å². The molecule has 4 N–H and O–H groups in total. The molecule has 1 atom stereocenters. The number of nitrogens with two attached hydrogens (primary N) is 1. The number of fused-ring (bicyclic) bond motifs is 1. The second-order valence-corrected chi connectivity index (χ2v) is 9.32. The van der Waals surface area contributed by atoms with Crippen molar-refractivity contribution >= 4 is 51.7 Å². The highest BCUT2D eigenvalue weighted by atomic mass is 35.5. The Morgan fingerprint density at radius 2 is 1.91 bits per heavy atom. The van der Waals surface area contributed by atoms with Crippen LogP contribution in [0, 0.1) is 0 Å². The summed E-state index contributed by atoms with van der Waals surface area (Å²) in [5.74, 6) is -0.271. The zero-order valence-corrected chi connectivity index (χ0v) is 20.6. The number of rotatable bonds is 8. The molecule has 0 spiro atoms. The van der Waals surface area contributed by atoms with Crippen molar-refractivity contribution in [3.63, 3.8) is 0 Å². The number of anilines is 1. The normalized spacial score (nSPS) is 15.8. The van der Waals surface area contributed by atoms with Crippen LogP contribution < -0.4 is 15.8 Å². The number of hydrogen-bond acceptors (Lipinski definition) is 7. The fraction of sp³-hybridized carbons (Fsp3) is 0.333. The van der Waals surface area contributed by atoms with Gasteiger partial charge in [0, 0.05) is 54.8 Å².